The van der Waals surface area contributed by atoms with E-state index in [1.807, 2.05) is 6.07 Å². The lowest BCUT2D eigenvalue weighted by molar-refractivity contribution is -0.190. The molecule has 0 amide bonds. The highest BCUT2D eigenvalue weighted by Crippen LogP contribution is 2.52. The number of benzene rings is 1. The van der Waals surface area contributed by atoms with Gasteiger partial charge in [-0.25, -0.2) is 0 Å². The first-order valence-corrected chi connectivity index (χ1v) is 18.3. The summed E-state index contributed by atoms with van der Waals surface area (Å²) in [5.41, 5.74) is 4.64. The molecule has 1 aliphatic heterocycles. The SMILES string of the molecule is CCCCC[C@@H](CCC1=C2[C@H](CC1=O)Cc1c(OC)cccc1[C@@H]2O[Si](C)(C)C(C)(C)C)OC1CCCCO1. The number of hydrogen-bond donors (Lipinski definition) is 0. The van der Waals surface area contributed by atoms with Crippen LogP contribution in [-0.4, -0.2) is 40.2 Å². The Morgan fingerprint density at radius 3 is 2.56 bits per heavy atom. The number of Topliss-reactive ketones (excluding diaryl/α,β-unsaturated/α-hetero) is 1. The summed E-state index contributed by atoms with van der Waals surface area (Å²) in [6.07, 6.45) is 10.7. The molecule has 5 nitrogen and oxygen atoms in total. The second-order valence-corrected chi connectivity index (χ2v) is 18.1. The van der Waals surface area contributed by atoms with Gasteiger partial charge in [0.1, 0.15) is 5.75 Å². The highest BCUT2D eigenvalue weighted by Gasteiger charge is 2.47. The average molecular weight is 557 g/mol. The Kier molecular flexibility index (Phi) is 10.2. The van der Waals surface area contributed by atoms with Gasteiger partial charge in [0.15, 0.2) is 20.4 Å². The zero-order valence-corrected chi connectivity index (χ0v) is 26.6. The number of unbranched alkanes of at least 4 members (excludes halogenated alkanes) is 2. The Labute approximate surface area is 238 Å². The third-order valence-corrected chi connectivity index (χ3v) is 13.9. The van der Waals surface area contributed by atoms with Crippen LogP contribution in [0.25, 0.3) is 0 Å². The summed E-state index contributed by atoms with van der Waals surface area (Å²) in [4.78, 5) is 13.6. The summed E-state index contributed by atoms with van der Waals surface area (Å²) in [5.74, 6) is 1.40. The molecule has 218 valence electrons. The van der Waals surface area contributed by atoms with Gasteiger partial charge < -0.3 is 18.6 Å². The minimum absolute atomic E-state index is 0.0700. The maximum atomic E-state index is 13.6. The third-order valence-electron chi connectivity index (χ3n) is 9.51. The molecule has 0 saturated carbocycles. The highest BCUT2D eigenvalue weighted by molar-refractivity contribution is 6.74. The molecule has 3 aliphatic rings. The van der Waals surface area contributed by atoms with Gasteiger partial charge >= 0.3 is 0 Å². The number of ether oxygens (including phenoxy) is 3. The summed E-state index contributed by atoms with van der Waals surface area (Å²) in [6.45, 7) is 14.5. The van der Waals surface area contributed by atoms with Crippen molar-refractivity contribution in [3.8, 4) is 5.75 Å². The van der Waals surface area contributed by atoms with Gasteiger partial charge in [0.25, 0.3) is 0 Å². The van der Waals surface area contributed by atoms with E-state index in [-0.39, 0.29) is 29.5 Å². The van der Waals surface area contributed by atoms with E-state index >= 15 is 0 Å². The summed E-state index contributed by atoms with van der Waals surface area (Å²) < 4.78 is 25.4. The summed E-state index contributed by atoms with van der Waals surface area (Å²) in [7, 11) is -0.383. The second-order valence-electron chi connectivity index (χ2n) is 13.3. The molecule has 1 unspecified atom stereocenters. The Hall–Kier alpha value is -1.47. The first-order chi connectivity index (χ1) is 18.6. The predicted molar refractivity (Wildman–Crippen MR) is 160 cm³/mol. The smallest absolute Gasteiger partial charge is 0.193 e. The molecule has 0 aromatic heterocycles. The quantitative estimate of drug-likeness (QED) is 0.191. The molecule has 1 aromatic rings. The Bertz CT molecular complexity index is 1020. The van der Waals surface area contributed by atoms with E-state index in [1.165, 1.54) is 29.5 Å². The van der Waals surface area contributed by atoms with Crippen LogP contribution in [0.1, 0.15) is 109 Å². The van der Waals surface area contributed by atoms with Crippen molar-refractivity contribution < 1.29 is 23.4 Å². The molecular weight excluding hydrogens is 504 g/mol. The summed E-state index contributed by atoms with van der Waals surface area (Å²) in [6, 6.07) is 6.30. The maximum Gasteiger partial charge on any atom is 0.193 e. The first-order valence-electron chi connectivity index (χ1n) is 15.4. The number of carbonyl (C=O) groups excluding carboxylic acids is 1. The fraction of sp³-hybridized carbons (Fsp3) is 0.727. The van der Waals surface area contributed by atoms with Crippen LogP contribution in [0.2, 0.25) is 18.1 Å². The van der Waals surface area contributed by atoms with E-state index in [2.05, 4.69) is 52.9 Å². The van der Waals surface area contributed by atoms with Gasteiger partial charge in [0, 0.05) is 18.6 Å². The van der Waals surface area contributed by atoms with Crippen molar-refractivity contribution in [1.82, 2.24) is 0 Å². The maximum absolute atomic E-state index is 13.6. The second kappa shape index (κ2) is 13.0. The average Bonchev–Trinajstić information content (AvgIpc) is 3.21. The molecule has 0 radical (unpaired) electrons. The van der Waals surface area contributed by atoms with Crippen molar-refractivity contribution in [3.63, 3.8) is 0 Å². The van der Waals surface area contributed by atoms with E-state index < -0.39 is 8.32 Å². The van der Waals surface area contributed by atoms with Crippen molar-refractivity contribution in [3.05, 3.63) is 40.5 Å². The molecule has 1 aromatic carbocycles. The van der Waals surface area contributed by atoms with Crippen LogP contribution in [0.5, 0.6) is 5.75 Å². The normalized spacial score (nSPS) is 24.5. The number of hydrogen-bond acceptors (Lipinski definition) is 5. The Morgan fingerprint density at radius 1 is 1.10 bits per heavy atom. The predicted octanol–water partition coefficient (Wildman–Crippen LogP) is 8.47. The van der Waals surface area contributed by atoms with Gasteiger partial charge in [0.05, 0.1) is 19.3 Å². The molecule has 6 heteroatoms. The van der Waals surface area contributed by atoms with Gasteiger partial charge in [-0.15, -0.1) is 0 Å². The highest BCUT2D eigenvalue weighted by atomic mass is 28.4. The van der Waals surface area contributed by atoms with Crippen LogP contribution in [0.3, 0.4) is 0 Å². The van der Waals surface area contributed by atoms with E-state index in [0.717, 1.165) is 69.3 Å². The minimum Gasteiger partial charge on any atom is -0.496 e. The van der Waals surface area contributed by atoms with Crippen LogP contribution in [0.15, 0.2) is 29.3 Å². The lowest BCUT2D eigenvalue weighted by Gasteiger charge is -2.43. The molecule has 1 fully saturated rings. The molecule has 0 N–H and O–H groups in total. The molecule has 0 spiro atoms. The fourth-order valence-corrected chi connectivity index (χ4v) is 7.39. The number of fused-ring (bicyclic) bond motifs is 2. The van der Waals surface area contributed by atoms with Crippen molar-refractivity contribution in [1.29, 1.82) is 0 Å². The number of ketones is 1. The minimum atomic E-state index is -2.12. The summed E-state index contributed by atoms with van der Waals surface area (Å²) in [5, 5.41) is 0.0700. The standard InChI is InChI=1S/C33H52O5Si/c1-8-9-10-14-24(37-30-17-11-12-20-36-30)18-19-26-28(34)22-23-21-27-25(15-13-16-29(27)35-5)32(31(23)26)38-39(6,7)33(2,3)4/h13,15-16,23-24,30,32H,8-12,14,17-22H2,1-7H3/t23-,24-,30?,32-/m0/s1. The summed E-state index contributed by atoms with van der Waals surface area (Å²) >= 11 is 0. The molecule has 2 aliphatic carbocycles. The van der Waals surface area contributed by atoms with E-state index in [1.54, 1.807) is 7.11 Å². The Morgan fingerprint density at radius 2 is 1.90 bits per heavy atom. The molecule has 1 saturated heterocycles. The molecule has 39 heavy (non-hydrogen) atoms. The van der Waals surface area contributed by atoms with E-state index in [4.69, 9.17) is 18.6 Å². The molecule has 1 heterocycles. The monoisotopic (exact) mass is 556 g/mol. The molecule has 4 rings (SSSR count). The van der Waals surface area contributed by atoms with Crippen molar-refractivity contribution >= 4 is 14.1 Å². The van der Waals surface area contributed by atoms with Crippen LogP contribution < -0.4 is 4.74 Å². The van der Waals surface area contributed by atoms with Gasteiger partial charge in [-0.2, -0.15) is 0 Å². The van der Waals surface area contributed by atoms with E-state index in [0.29, 0.717) is 12.2 Å². The third kappa shape index (κ3) is 7.06. The molecular formula is C33H52O5Si. The van der Waals surface area contributed by atoms with E-state index in [9.17, 15) is 4.79 Å². The van der Waals surface area contributed by atoms with Gasteiger partial charge in [-0.3, -0.25) is 4.79 Å². The largest absolute Gasteiger partial charge is 0.496 e. The number of carbonyl (C=O) groups is 1. The van der Waals surface area contributed by atoms with Crippen LogP contribution in [0, 0.1) is 5.92 Å². The number of allylic oxidation sites excluding steroid dienone is 1. The molecule has 0 bridgehead atoms. The van der Waals surface area contributed by atoms with Gasteiger partial charge in [-0.1, -0.05) is 59.1 Å². The van der Waals surface area contributed by atoms with Crippen LogP contribution >= 0.6 is 0 Å². The lowest BCUT2D eigenvalue weighted by atomic mass is 9.78. The van der Waals surface area contributed by atoms with Crippen molar-refractivity contribution in [2.24, 2.45) is 5.92 Å². The van der Waals surface area contributed by atoms with Gasteiger partial charge in [-0.05, 0) is 91.8 Å². The van der Waals surface area contributed by atoms with Crippen molar-refractivity contribution in [2.75, 3.05) is 13.7 Å². The topological polar surface area (TPSA) is 54.0 Å². The zero-order valence-electron chi connectivity index (χ0n) is 25.6. The first kappa shape index (κ1) is 30.5. The van der Waals surface area contributed by atoms with Crippen molar-refractivity contribution in [2.45, 2.75) is 135 Å². The number of rotatable bonds is 12. The Balaban J connectivity index is 1.64. The molecule has 4 atom stereocenters. The zero-order chi connectivity index (χ0) is 28.2. The fourth-order valence-electron chi connectivity index (χ4n) is 6.19. The van der Waals surface area contributed by atoms with Gasteiger partial charge in [0.2, 0.25) is 0 Å². The van der Waals surface area contributed by atoms with Crippen LogP contribution in [0.4, 0.5) is 0 Å². The number of methoxy groups -OCH3 is 1. The lowest BCUT2D eigenvalue weighted by Crippen LogP contribution is -2.43. The van der Waals surface area contributed by atoms with Crippen LogP contribution in [-0.2, 0) is 25.1 Å².